The molecule has 1 N–H and O–H groups in total. The van der Waals surface area contributed by atoms with Gasteiger partial charge in [-0.2, -0.15) is 0 Å². The van der Waals surface area contributed by atoms with Crippen molar-refractivity contribution in [1.82, 2.24) is 20.4 Å². The summed E-state index contributed by atoms with van der Waals surface area (Å²) in [7, 11) is 0. The molecule has 134 valence electrons. The number of amides is 1. The molecule has 1 amide bonds. The van der Waals surface area contributed by atoms with Crippen LogP contribution in [0, 0.1) is 6.92 Å². The Labute approximate surface area is 153 Å². The van der Waals surface area contributed by atoms with E-state index in [-0.39, 0.29) is 5.91 Å². The van der Waals surface area contributed by atoms with Crippen LogP contribution in [-0.4, -0.2) is 51.9 Å². The van der Waals surface area contributed by atoms with Gasteiger partial charge in [0.2, 0.25) is 5.91 Å². The van der Waals surface area contributed by atoms with Gasteiger partial charge >= 0.3 is 0 Å². The van der Waals surface area contributed by atoms with Crippen molar-refractivity contribution in [2.45, 2.75) is 74.7 Å². The van der Waals surface area contributed by atoms with E-state index in [0.29, 0.717) is 11.8 Å². The van der Waals surface area contributed by atoms with E-state index in [1.165, 1.54) is 63.3 Å². The molecule has 0 radical (unpaired) electrons. The number of piperidine rings is 1. The molecule has 1 aromatic rings. The molecule has 1 aliphatic heterocycles. The van der Waals surface area contributed by atoms with E-state index in [2.05, 4.69) is 20.4 Å². The van der Waals surface area contributed by atoms with Gasteiger partial charge in [-0.25, -0.2) is 0 Å². The Morgan fingerprint density at radius 3 is 2.71 bits per heavy atom. The van der Waals surface area contributed by atoms with Gasteiger partial charge in [0.25, 0.3) is 0 Å². The standard InChI is InChI=1S/C17H28N4OS2/c1-13-19-20-17(24-13)23-12-16(22)18-14-7-6-10-21(11-14)15-8-4-2-3-5-9-15/h14-15H,2-12H2,1H3,(H,18,22). The highest BCUT2D eigenvalue weighted by molar-refractivity contribution is 8.01. The summed E-state index contributed by atoms with van der Waals surface area (Å²) in [5.74, 6) is 0.565. The number of hydrogen-bond acceptors (Lipinski definition) is 6. The van der Waals surface area contributed by atoms with Gasteiger partial charge in [0.1, 0.15) is 5.01 Å². The van der Waals surface area contributed by atoms with Crippen molar-refractivity contribution in [3.8, 4) is 0 Å². The van der Waals surface area contributed by atoms with Crippen molar-refractivity contribution in [3.05, 3.63) is 5.01 Å². The summed E-state index contributed by atoms with van der Waals surface area (Å²) in [6.45, 7) is 4.17. The van der Waals surface area contributed by atoms with Crippen LogP contribution in [0.25, 0.3) is 0 Å². The SMILES string of the molecule is Cc1nnc(SCC(=O)NC2CCCN(C3CCCCCC3)C2)s1. The van der Waals surface area contributed by atoms with Gasteiger partial charge in [0.15, 0.2) is 4.34 Å². The third-order valence-corrected chi connectivity index (χ3v) is 6.97. The molecule has 0 aromatic carbocycles. The minimum Gasteiger partial charge on any atom is -0.351 e. The monoisotopic (exact) mass is 368 g/mol. The third-order valence-electron chi connectivity index (χ3n) is 4.99. The molecule has 2 fully saturated rings. The zero-order valence-electron chi connectivity index (χ0n) is 14.5. The lowest BCUT2D eigenvalue weighted by molar-refractivity contribution is -0.119. The first kappa shape index (κ1) is 18.1. The van der Waals surface area contributed by atoms with E-state index in [9.17, 15) is 4.79 Å². The lowest BCUT2D eigenvalue weighted by Crippen LogP contribution is -2.51. The fraction of sp³-hybridized carbons (Fsp3) is 0.824. The van der Waals surface area contributed by atoms with Gasteiger partial charge in [0, 0.05) is 18.6 Å². The van der Waals surface area contributed by atoms with E-state index in [1.54, 1.807) is 11.3 Å². The minimum atomic E-state index is 0.126. The Balaban J connectivity index is 1.43. The zero-order chi connectivity index (χ0) is 16.8. The van der Waals surface area contributed by atoms with Gasteiger partial charge in [0.05, 0.1) is 5.75 Å². The van der Waals surface area contributed by atoms with E-state index < -0.39 is 0 Å². The molecule has 2 aliphatic rings. The number of aromatic nitrogens is 2. The van der Waals surface area contributed by atoms with Crippen LogP contribution in [-0.2, 0) is 4.79 Å². The van der Waals surface area contributed by atoms with Crippen LogP contribution in [0.5, 0.6) is 0 Å². The molecule has 1 unspecified atom stereocenters. The van der Waals surface area contributed by atoms with Crippen LogP contribution < -0.4 is 5.32 Å². The molecule has 1 saturated heterocycles. The van der Waals surface area contributed by atoms with E-state index in [4.69, 9.17) is 0 Å². The maximum absolute atomic E-state index is 12.2. The van der Waals surface area contributed by atoms with Crippen molar-refractivity contribution in [2.24, 2.45) is 0 Å². The van der Waals surface area contributed by atoms with E-state index in [0.717, 1.165) is 28.4 Å². The maximum atomic E-state index is 12.2. The summed E-state index contributed by atoms with van der Waals surface area (Å²) in [5.41, 5.74) is 0. The van der Waals surface area contributed by atoms with E-state index in [1.807, 2.05) is 6.92 Å². The third kappa shape index (κ3) is 5.43. The number of carbonyl (C=O) groups is 1. The lowest BCUT2D eigenvalue weighted by atomic mass is 10.00. The lowest BCUT2D eigenvalue weighted by Gasteiger charge is -2.38. The molecular weight excluding hydrogens is 340 g/mol. The number of likely N-dealkylation sites (tertiary alicyclic amines) is 1. The van der Waals surface area contributed by atoms with Gasteiger partial charge < -0.3 is 5.32 Å². The van der Waals surface area contributed by atoms with Gasteiger partial charge in [-0.15, -0.1) is 10.2 Å². The summed E-state index contributed by atoms with van der Waals surface area (Å²) < 4.78 is 0.881. The second kappa shape index (κ2) is 9.15. The molecule has 5 nitrogen and oxygen atoms in total. The van der Waals surface area contributed by atoms with Gasteiger partial charge in [-0.1, -0.05) is 48.8 Å². The number of nitrogens with one attached hydrogen (secondary N) is 1. The molecule has 2 heterocycles. The topological polar surface area (TPSA) is 58.1 Å². The van der Waals surface area contributed by atoms with Crippen molar-refractivity contribution < 1.29 is 4.79 Å². The first-order chi connectivity index (χ1) is 11.7. The van der Waals surface area contributed by atoms with Gasteiger partial charge in [-0.3, -0.25) is 9.69 Å². The second-order valence-corrected chi connectivity index (χ2v) is 9.33. The number of carbonyl (C=O) groups excluding carboxylic acids is 1. The normalized spacial score (nSPS) is 23.8. The van der Waals surface area contributed by atoms with Crippen LogP contribution in [0.1, 0.15) is 56.4 Å². The molecule has 1 atom stereocenters. The fourth-order valence-electron chi connectivity index (χ4n) is 3.81. The molecule has 0 spiro atoms. The molecule has 1 saturated carbocycles. The fourth-order valence-corrected chi connectivity index (χ4v) is 5.44. The van der Waals surface area contributed by atoms with Crippen molar-refractivity contribution in [3.63, 3.8) is 0 Å². The summed E-state index contributed by atoms with van der Waals surface area (Å²) in [6, 6.07) is 1.05. The Morgan fingerprint density at radius 1 is 1.21 bits per heavy atom. The summed E-state index contributed by atoms with van der Waals surface area (Å²) >= 11 is 3.04. The Hall–Kier alpha value is -0.660. The van der Waals surface area contributed by atoms with Crippen molar-refractivity contribution >= 4 is 29.0 Å². The zero-order valence-corrected chi connectivity index (χ0v) is 16.1. The molecule has 24 heavy (non-hydrogen) atoms. The number of thioether (sulfide) groups is 1. The molecule has 0 bridgehead atoms. The quantitative estimate of drug-likeness (QED) is 0.639. The average molecular weight is 369 g/mol. The van der Waals surface area contributed by atoms with Crippen LogP contribution in [0.15, 0.2) is 4.34 Å². The smallest absolute Gasteiger partial charge is 0.230 e. The van der Waals surface area contributed by atoms with Crippen LogP contribution >= 0.6 is 23.1 Å². The maximum Gasteiger partial charge on any atom is 0.230 e. The highest BCUT2D eigenvalue weighted by Gasteiger charge is 2.27. The second-order valence-electron chi connectivity index (χ2n) is 6.92. The van der Waals surface area contributed by atoms with Crippen molar-refractivity contribution in [1.29, 1.82) is 0 Å². The highest BCUT2D eigenvalue weighted by Crippen LogP contribution is 2.25. The minimum absolute atomic E-state index is 0.126. The Morgan fingerprint density at radius 2 is 2.00 bits per heavy atom. The van der Waals surface area contributed by atoms with Crippen molar-refractivity contribution in [2.75, 3.05) is 18.8 Å². The molecule has 7 heteroatoms. The first-order valence-electron chi connectivity index (χ1n) is 9.17. The average Bonchev–Trinajstić information content (AvgIpc) is 2.83. The van der Waals surface area contributed by atoms with E-state index >= 15 is 0 Å². The summed E-state index contributed by atoms with van der Waals surface area (Å²) in [5, 5.41) is 12.2. The number of nitrogens with zero attached hydrogens (tertiary/aromatic N) is 3. The summed E-state index contributed by atoms with van der Waals surface area (Å²) in [6.07, 6.45) is 10.5. The van der Waals surface area contributed by atoms with Gasteiger partial charge in [-0.05, 0) is 39.2 Å². The molecule has 3 rings (SSSR count). The Bertz CT molecular complexity index is 528. The predicted molar refractivity (Wildman–Crippen MR) is 99.6 cm³/mol. The number of rotatable bonds is 5. The van der Waals surface area contributed by atoms with Crippen LogP contribution in [0.2, 0.25) is 0 Å². The Kier molecular flexibility index (Phi) is 6.92. The summed E-state index contributed by atoms with van der Waals surface area (Å²) in [4.78, 5) is 14.9. The highest BCUT2D eigenvalue weighted by atomic mass is 32.2. The van der Waals surface area contributed by atoms with Crippen LogP contribution in [0.3, 0.4) is 0 Å². The first-order valence-corrected chi connectivity index (χ1v) is 11.0. The number of aryl methyl sites for hydroxylation is 1. The van der Waals surface area contributed by atoms with Crippen LogP contribution in [0.4, 0.5) is 0 Å². The molecule has 1 aliphatic carbocycles. The number of hydrogen-bond donors (Lipinski definition) is 1. The largest absolute Gasteiger partial charge is 0.351 e. The molecular formula is C17H28N4OS2. The molecule has 1 aromatic heterocycles. The predicted octanol–water partition coefficient (Wildman–Crippen LogP) is 3.24.